The van der Waals surface area contributed by atoms with Crippen LogP contribution in [0.25, 0.3) is 0 Å². The topological polar surface area (TPSA) is 94.3 Å². The van der Waals surface area contributed by atoms with Gasteiger partial charge in [-0.15, -0.1) is 0 Å². The van der Waals surface area contributed by atoms with Gasteiger partial charge in [0.2, 0.25) is 5.91 Å². The van der Waals surface area contributed by atoms with Gasteiger partial charge < -0.3 is 20.5 Å². The fraction of sp³-hybridized carbons (Fsp3) is 0.480. The lowest BCUT2D eigenvalue weighted by Crippen LogP contribution is -2.35. The summed E-state index contributed by atoms with van der Waals surface area (Å²) in [6, 6.07) is 10.0. The van der Waals surface area contributed by atoms with E-state index in [0.717, 1.165) is 30.6 Å². The SMILES string of the molecule is CC(=O)c1[nH]c(C)c(C(=O)N2CCCCNC(c3ccccc3)CC(=O)NCCC2)c1C. The Morgan fingerprint density at radius 2 is 1.72 bits per heavy atom. The van der Waals surface area contributed by atoms with Crippen LogP contribution in [-0.4, -0.2) is 53.7 Å². The molecule has 2 heterocycles. The molecule has 1 saturated heterocycles. The van der Waals surface area contributed by atoms with Crippen molar-refractivity contribution in [3.8, 4) is 0 Å². The van der Waals surface area contributed by atoms with E-state index in [0.29, 0.717) is 49.3 Å². The quantitative estimate of drug-likeness (QED) is 0.641. The summed E-state index contributed by atoms with van der Waals surface area (Å²) in [6.07, 6.45) is 2.84. The van der Waals surface area contributed by atoms with Gasteiger partial charge in [0.1, 0.15) is 0 Å². The standard InChI is InChI=1S/C25H34N4O3/c1-17-23(18(2)28-24(17)19(3)30)25(32)29-14-8-7-12-26-21(20-10-5-4-6-11-20)16-22(31)27-13-9-15-29/h4-6,10-11,21,26,28H,7-9,12-16H2,1-3H3,(H,27,31). The fourth-order valence-corrected chi connectivity index (χ4v) is 4.35. The van der Waals surface area contributed by atoms with E-state index in [4.69, 9.17) is 0 Å². The third-order valence-electron chi connectivity index (χ3n) is 6.05. The summed E-state index contributed by atoms with van der Waals surface area (Å²) in [6.45, 7) is 7.66. The van der Waals surface area contributed by atoms with E-state index in [2.05, 4.69) is 15.6 Å². The normalized spacial score (nSPS) is 18.8. The molecule has 1 aliphatic rings. The highest BCUT2D eigenvalue weighted by atomic mass is 16.2. The van der Waals surface area contributed by atoms with Crippen LogP contribution in [0, 0.1) is 13.8 Å². The summed E-state index contributed by atoms with van der Waals surface area (Å²) >= 11 is 0. The van der Waals surface area contributed by atoms with E-state index in [1.54, 1.807) is 0 Å². The van der Waals surface area contributed by atoms with Gasteiger partial charge in [0.25, 0.3) is 5.91 Å². The van der Waals surface area contributed by atoms with Crippen molar-refractivity contribution >= 4 is 17.6 Å². The van der Waals surface area contributed by atoms with Crippen molar-refractivity contribution in [2.45, 2.75) is 52.5 Å². The van der Waals surface area contributed by atoms with Crippen LogP contribution in [0.3, 0.4) is 0 Å². The molecule has 1 aromatic heterocycles. The first-order valence-electron chi connectivity index (χ1n) is 11.4. The number of hydrogen-bond donors (Lipinski definition) is 3. The third-order valence-corrected chi connectivity index (χ3v) is 6.05. The Morgan fingerprint density at radius 1 is 1.00 bits per heavy atom. The maximum Gasteiger partial charge on any atom is 0.255 e. The van der Waals surface area contributed by atoms with E-state index in [-0.39, 0.29) is 23.6 Å². The molecule has 1 atom stereocenters. The first-order chi connectivity index (χ1) is 15.4. The van der Waals surface area contributed by atoms with Crippen molar-refractivity contribution in [2.75, 3.05) is 26.2 Å². The van der Waals surface area contributed by atoms with Gasteiger partial charge in [0.05, 0.1) is 11.3 Å². The summed E-state index contributed by atoms with van der Waals surface area (Å²) < 4.78 is 0. The fourth-order valence-electron chi connectivity index (χ4n) is 4.35. The van der Waals surface area contributed by atoms with Gasteiger partial charge in [-0.1, -0.05) is 30.3 Å². The Labute approximate surface area is 190 Å². The number of ketones is 1. The molecule has 0 aliphatic carbocycles. The minimum atomic E-state index is -0.0728. The number of benzene rings is 1. The number of nitrogens with zero attached hydrogens (tertiary/aromatic N) is 1. The first kappa shape index (κ1) is 23.7. The highest BCUT2D eigenvalue weighted by Gasteiger charge is 2.24. The second kappa shape index (κ2) is 11.1. The second-order valence-electron chi connectivity index (χ2n) is 8.51. The zero-order valence-corrected chi connectivity index (χ0v) is 19.3. The molecule has 0 spiro atoms. The molecule has 0 saturated carbocycles. The highest BCUT2D eigenvalue weighted by Crippen LogP contribution is 2.21. The van der Waals surface area contributed by atoms with Gasteiger partial charge >= 0.3 is 0 Å². The predicted molar refractivity (Wildman–Crippen MR) is 125 cm³/mol. The van der Waals surface area contributed by atoms with Gasteiger partial charge in [-0.25, -0.2) is 0 Å². The van der Waals surface area contributed by atoms with E-state index in [9.17, 15) is 14.4 Å². The summed E-state index contributed by atoms with van der Waals surface area (Å²) in [7, 11) is 0. The third kappa shape index (κ3) is 5.85. The summed E-state index contributed by atoms with van der Waals surface area (Å²) in [4.78, 5) is 42.6. The molecule has 0 bridgehead atoms. The molecule has 172 valence electrons. The summed E-state index contributed by atoms with van der Waals surface area (Å²) in [5.41, 5.74) is 3.63. The Balaban J connectivity index is 1.70. The molecule has 0 radical (unpaired) electrons. The van der Waals surface area contributed by atoms with Crippen molar-refractivity contribution in [1.29, 1.82) is 0 Å². The molecule has 1 unspecified atom stereocenters. The number of rotatable bonds is 3. The molecule has 7 nitrogen and oxygen atoms in total. The maximum atomic E-state index is 13.4. The van der Waals surface area contributed by atoms with Crippen molar-refractivity contribution in [2.24, 2.45) is 0 Å². The highest BCUT2D eigenvalue weighted by molar-refractivity contribution is 6.02. The van der Waals surface area contributed by atoms with E-state index in [1.165, 1.54) is 6.92 Å². The molecule has 2 amide bonds. The Kier molecular flexibility index (Phi) is 8.22. The van der Waals surface area contributed by atoms with Gasteiger partial charge in [0.15, 0.2) is 5.78 Å². The summed E-state index contributed by atoms with van der Waals surface area (Å²) in [5, 5.41) is 6.50. The van der Waals surface area contributed by atoms with Crippen LogP contribution in [0.4, 0.5) is 0 Å². The molecule has 3 rings (SSSR count). The second-order valence-corrected chi connectivity index (χ2v) is 8.51. The monoisotopic (exact) mass is 438 g/mol. The van der Waals surface area contributed by atoms with Crippen molar-refractivity contribution in [3.05, 3.63) is 58.4 Å². The largest absolute Gasteiger partial charge is 0.356 e. The molecule has 1 fully saturated rings. The molecular weight excluding hydrogens is 404 g/mol. The van der Waals surface area contributed by atoms with Crippen molar-refractivity contribution in [3.63, 3.8) is 0 Å². The van der Waals surface area contributed by atoms with Crippen LogP contribution >= 0.6 is 0 Å². The van der Waals surface area contributed by atoms with Gasteiger partial charge in [0, 0.05) is 44.7 Å². The lowest BCUT2D eigenvalue weighted by molar-refractivity contribution is -0.121. The number of nitrogens with one attached hydrogen (secondary N) is 3. The maximum absolute atomic E-state index is 13.4. The van der Waals surface area contributed by atoms with Crippen LogP contribution in [0.15, 0.2) is 30.3 Å². The zero-order valence-electron chi connectivity index (χ0n) is 19.3. The minimum Gasteiger partial charge on any atom is -0.356 e. The van der Waals surface area contributed by atoms with E-state index < -0.39 is 0 Å². The molecule has 7 heteroatoms. The van der Waals surface area contributed by atoms with Crippen molar-refractivity contribution < 1.29 is 14.4 Å². The van der Waals surface area contributed by atoms with Crippen LogP contribution in [0.2, 0.25) is 0 Å². The van der Waals surface area contributed by atoms with E-state index >= 15 is 0 Å². The predicted octanol–water partition coefficient (Wildman–Crippen LogP) is 3.30. The summed E-state index contributed by atoms with van der Waals surface area (Å²) in [5.74, 6) is -0.122. The number of Topliss-reactive ketones (excluding diaryl/α,β-unsaturated/α-hetero) is 1. The lowest BCUT2D eigenvalue weighted by Gasteiger charge is -2.23. The smallest absolute Gasteiger partial charge is 0.255 e. The number of carbonyl (C=O) groups is 3. The van der Waals surface area contributed by atoms with Crippen LogP contribution < -0.4 is 10.6 Å². The molecule has 1 aromatic carbocycles. The minimum absolute atomic E-state index is 0.00639. The number of aromatic nitrogens is 1. The van der Waals surface area contributed by atoms with Gasteiger partial charge in [-0.2, -0.15) is 0 Å². The van der Waals surface area contributed by atoms with E-state index in [1.807, 2.05) is 49.1 Å². The molecule has 2 aromatic rings. The number of aryl methyl sites for hydroxylation is 1. The number of amides is 2. The molecule has 1 aliphatic heterocycles. The number of carbonyl (C=O) groups excluding carboxylic acids is 3. The first-order valence-corrected chi connectivity index (χ1v) is 11.4. The molecular formula is C25H34N4O3. The lowest BCUT2D eigenvalue weighted by atomic mass is 10.0. The number of aromatic amines is 1. The molecule has 32 heavy (non-hydrogen) atoms. The number of hydrogen-bond acceptors (Lipinski definition) is 4. The van der Waals surface area contributed by atoms with Crippen molar-refractivity contribution in [1.82, 2.24) is 20.5 Å². The Hall–Kier alpha value is -2.93. The average Bonchev–Trinajstić information content (AvgIpc) is 3.08. The Bertz CT molecular complexity index is 952. The zero-order chi connectivity index (χ0) is 23.1. The molecule has 3 N–H and O–H groups in total. The number of H-pyrrole nitrogens is 1. The average molecular weight is 439 g/mol. The Morgan fingerprint density at radius 3 is 2.41 bits per heavy atom. The van der Waals surface area contributed by atoms with Gasteiger partial charge in [-0.3, -0.25) is 14.4 Å². The van der Waals surface area contributed by atoms with Crippen LogP contribution in [-0.2, 0) is 4.79 Å². The van der Waals surface area contributed by atoms with Crippen LogP contribution in [0.5, 0.6) is 0 Å². The van der Waals surface area contributed by atoms with Gasteiger partial charge in [-0.05, 0) is 50.8 Å². The van der Waals surface area contributed by atoms with Crippen LogP contribution in [0.1, 0.15) is 76.3 Å².